The lowest BCUT2D eigenvalue weighted by Gasteiger charge is -2.40. The van der Waals surface area contributed by atoms with E-state index in [0.717, 1.165) is 23.5 Å². The molecule has 33 heavy (non-hydrogen) atoms. The van der Waals surface area contributed by atoms with Gasteiger partial charge in [-0.05, 0) is 49.6 Å². The summed E-state index contributed by atoms with van der Waals surface area (Å²) in [5.74, 6) is -0.407. The summed E-state index contributed by atoms with van der Waals surface area (Å²) in [5.41, 5.74) is 1.36. The Balaban J connectivity index is 1.56. The lowest BCUT2D eigenvalue weighted by Crippen LogP contribution is -2.54. The monoisotopic (exact) mass is 484 g/mol. The molecular weight excluding hydrogens is 460 g/mol. The van der Waals surface area contributed by atoms with Crippen LogP contribution in [0.4, 0.5) is 0 Å². The third kappa shape index (κ3) is 3.92. The van der Waals surface area contributed by atoms with Gasteiger partial charge in [-0.25, -0.2) is 8.42 Å². The average molecular weight is 485 g/mol. The fraction of sp³-hybridized carbons (Fsp3) is 0.348. The molecule has 5 rings (SSSR count). The van der Waals surface area contributed by atoms with Crippen LogP contribution in [-0.4, -0.2) is 52.1 Å². The van der Waals surface area contributed by atoms with Gasteiger partial charge in [0.05, 0.1) is 27.4 Å². The Hall–Kier alpha value is -2.82. The number of piperidine rings is 1. The van der Waals surface area contributed by atoms with E-state index in [1.807, 2.05) is 18.2 Å². The van der Waals surface area contributed by atoms with E-state index in [1.165, 1.54) is 16.4 Å². The van der Waals surface area contributed by atoms with Crippen LogP contribution in [0.15, 0.2) is 64.9 Å². The molecule has 1 N–H and O–H groups in total. The number of nitrogens with one attached hydrogen (secondary N) is 1. The van der Waals surface area contributed by atoms with Crippen LogP contribution in [-0.2, 0) is 21.4 Å². The van der Waals surface area contributed by atoms with Crippen molar-refractivity contribution in [1.82, 2.24) is 19.2 Å². The van der Waals surface area contributed by atoms with Crippen LogP contribution >= 0.6 is 11.3 Å². The van der Waals surface area contributed by atoms with Crippen molar-refractivity contribution in [3.8, 4) is 0 Å². The Bertz CT molecular complexity index is 1370. The molecular formula is C23H24N4O4S2. The molecule has 172 valence electrons. The molecule has 10 heteroatoms. The average Bonchev–Trinajstić information content (AvgIpc) is 3.18. The fourth-order valence-electron chi connectivity index (χ4n) is 4.93. The normalized spacial score (nSPS) is 24.1. The van der Waals surface area contributed by atoms with Gasteiger partial charge < -0.3 is 9.88 Å². The molecule has 2 aromatic heterocycles. The second-order valence-corrected chi connectivity index (χ2v) is 11.3. The Morgan fingerprint density at radius 2 is 2.06 bits per heavy atom. The molecule has 0 radical (unpaired) electrons. The molecule has 2 aliphatic heterocycles. The predicted molar refractivity (Wildman–Crippen MR) is 126 cm³/mol. The number of carbonyl (C=O) groups excluding carboxylic acids is 1. The van der Waals surface area contributed by atoms with Crippen molar-refractivity contribution in [2.75, 3.05) is 6.54 Å². The van der Waals surface area contributed by atoms with E-state index >= 15 is 0 Å². The Morgan fingerprint density at radius 1 is 1.21 bits per heavy atom. The summed E-state index contributed by atoms with van der Waals surface area (Å²) in [5, 5.41) is 0. The van der Waals surface area contributed by atoms with Crippen LogP contribution in [0.3, 0.4) is 0 Å². The molecule has 2 bridgehead atoms. The molecule has 1 aromatic carbocycles. The number of amides is 1. The summed E-state index contributed by atoms with van der Waals surface area (Å²) in [6.07, 6.45) is 5.35. The molecule has 0 aliphatic carbocycles. The number of hydrogen-bond acceptors (Lipinski definition) is 6. The number of pyridine rings is 1. The van der Waals surface area contributed by atoms with E-state index in [9.17, 15) is 18.0 Å². The molecule has 3 aromatic rings. The maximum Gasteiger partial charge on any atom is 0.305 e. The molecule has 3 unspecified atom stereocenters. The molecule has 1 amide bonds. The zero-order valence-electron chi connectivity index (χ0n) is 17.9. The number of aromatic nitrogens is 2. The van der Waals surface area contributed by atoms with Gasteiger partial charge in [0.2, 0.25) is 15.9 Å². The smallest absolute Gasteiger partial charge is 0.305 e. The van der Waals surface area contributed by atoms with Crippen LogP contribution in [0, 0.1) is 5.92 Å². The van der Waals surface area contributed by atoms with Crippen LogP contribution in [0.2, 0.25) is 0 Å². The first-order valence-electron chi connectivity index (χ1n) is 10.9. The van der Waals surface area contributed by atoms with Gasteiger partial charge in [-0.3, -0.25) is 14.6 Å². The van der Waals surface area contributed by atoms with Crippen molar-refractivity contribution in [3.05, 3.63) is 70.6 Å². The first kappa shape index (κ1) is 22.0. The highest BCUT2D eigenvalue weighted by Crippen LogP contribution is 2.38. The van der Waals surface area contributed by atoms with Gasteiger partial charge in [0.1, 0.15) is 6.04 Å². The van der Waals surface area contributed by atoms with E-state index in [0.29, 0.717) is 36.1 Å². The lowest BCUT2D eigenvalue weighted by molar-refractivity contribution is -0.135. The molecule has 4 heterocycles. The highest BCUT2D eigenvalue weighted by atomic mass is 32.2. The van der Waals surface area contributed by atoms with Gasteiger partial charge in [-0.2, -0.15) is 4.31 Å². The van der Waals surface area contributed by atoms with Crippen molar-refractivity contribution in [2.24, 2.45) is 5.92 Å². The topological polar surface area (TPSA) is 103 Å². The minimum atomic E-state index is -3.99. The van der Waals surface area contributed by atoms with Gasteiger partial charge in [0.15, 0.2) is 0 Å². The van der Waals surface area contributed by atoms with Gasteiger partial charge in [-0.15, -0.1) is 6.58 Å². The largest absolute Gasteiger partial charge is 0.335 e. The summed E-state index contributed by atoms with van der Waals surface area (Å²) in [4.78, 5) is 34.0. The Labute approximate surface area is 195 Å². The number of hydrogen-bond donors (Lipinski definition) is 1. The molecule has 3 atom stereocenters. The molecule has 8 nitrogen and oxygen atoms in total. The van der Waals surface area contributed by atoms with E-state index in [2.05, 4.69) is 16.5 Å². The first-order valence-corrected chi connectivity index (χ1v) is 13.1. The van der Waals surface area contributed by atoms with E-state index in [1.54, 1.807) is 23.2 Å². The van der Waals surface area contributed by atoms with Crippen LogP contribution in [0.1, 0.15) is 25.0 Å². The number of nitrogens with zero attached hydrogens (tertiary/aromatic N) is 3. The summed E-state index contributed by atoms with van der Waals surface area (Å²) in [6.45, 7) is 4.68. The summed E-state index contributed by atoms with van der Waals surface area (Å²) in [7, 11) is -3.99. The number of H-pyrrole nitrogens is 1. The minimum absolute atomic E-state index is 0.0935. The quantitative estimate of drug-likeness (QED) is 0.561. The SMILES string of the molecule is C=CC1CN(Cc2ccccn2)C(=O)C2CCCC1N2S(=O)(=O)c1ccc2[nH]c(=O)sc2c1. The Morgan fingerprint density at radius 3 is 2.82 bits per heavy atom. The minimum Gasteiger partial charge on any atom is -0.335 e. The van der Waals surface area contributed by atoms with Crippen molar-refractivity contribution in [2.45, 2.75) is 42.8 Å². The molecule has 2 aliphatic rings. The molecule has 0 spiro atoms. The van der Waals surface area contributed by atoms with E-state index in [4.69, 9.17) is 0 Å². The number of rotatable bonds is 5. The predicted octanol–water partition coefficient (Wildman–Crippen LogP) is 2.74. The molecule has 0 saturated carbocycles. The standard InChI is InChI=1S/C23H24N4O4S2/c1-2-15-13-26(14-16-6-3-4-11-24-16)22(28)20-8-5-7-19(15)27(20)33(30,31)17-9-10-18-21(12-17)32-23(29)25-18/h2-4,6,9-12,15,19-20H,1,5,7-8,13-14H2,(H,25,29). The van der Waals surface area contributed by atoms with Crippen molar-refractivity contribution in [1.29, 1.82) is 0 Å². The molecule has 2 saturated heterocycles. The van der Waals surface area contributed by atoms with Crippen molar-refractivity contribution < 1.29 is 13.2 Å². The highest BCUT2D eigenvalue weighted by molar-refractivity contribution is 7.89. The van der Waals surface area contributed by atoms with Gasteiger partial charge in [-0.1, -0.05) is 23.5 Å². The summed E-state index contributed by atoms with van der Waals surface area (Å²) in [6, 6.07) is 9.04. The van der Waals surface area contributed by atoms with E-state index in [-0.39, 0.29) is 27.6 Å². The first-order chi connectivity index (χ1) is 15.9. The lowest BCUT2D eigenvalue weighted by atomic mass is 9.90. The van der Waals surface area contributed by atoms with Crippen molar-refractivity contribution in [3.63, 3.8) is 0 Å². The maximum absolute atomic E-state index is 13.9. The van der Waals surface area contributed by atoms with Crippen LogP contribution in [0.25, 0.3) is 10.2 Å². The number of benzene rings is 1. The van der Waals surface area contributed by atoms with Gasteiger partial charge in [0, 0.05) is 24.7 Å². The fourth-order valence-corrected chi connectivity index (χ4v) is 7.68. The zero-order chi connectivity index (χ0) is 23.2. The number of fused-ring (bicyclic) bond motifs is 3. The zero-order valence-corrected chi connectivity index (χ0v) is 19.5. The van der Waals surface area contributed by atoms with Gasteiger partial charge in [0.25, 0.3) is 0 Å². The van der Waals surface area contributed by atoms with Crippen LogP contribution < -0.4 is 4.87 Å². The Kier molecular flexibility index (Phi) is 5.67. The number of aromatic amines is 1. The van der Waals surface area contributed by atoms with E-state index < -0.39 is 16.1 Å². The second-order valence-electron chi connectivity index (χ2n) is 8.46. The number of carbonyl (C=O) groups is 1. The maximum atomic E-state index is 13.9. The van der Waals surface area contributed by atoms with Gasteiger partial charge >= 0.3 is 4.87 Å². The van der Waals surface area contributed by atoms with Crippen LogP contribution in [0.5, 0.6) is 0 Å². The third-order valence-corrected chi connectivity index (χ3v) is 9.26. The summed E-state index contributed by atoms with van der Waals surface area (Å²) < 4.78 is 29.8. The van der Waals surface area contributed by atoms with Crippen molar-refractivity contribution >= 4 is 37.5 Å². The third-order valence-electron chi connectivity index (χ3n) is 6.48. The number of sulfonamides is 1. The highest BCUT2D eigenvalue weighted by Gasteiger charge is 2.49. The number of thiazole rings is 1. The second kappa shape index (κ2) is 8.51. The molecule has 2 fully saturated rings. The summed E-state index contributed by atoms with van der Waals surface area (Å²) >= 11 is 0.969.